The van der Waals surface area contributed by atoms with Crippen LogP contribution in [0, 0.1) is 5.92 Å². The van der Waals surface area contributed by atoms with Crippen LogP contribution in [-0.2, 0) is 9.53 Å². The van der Waals surface area contributed by atoms with Gasteiger partial charge in [0.2, 0.25) is 0 Å². The highest BCUT2D eigenvalue weighted by molar-refractivity contribution is 5.96. The lowest BCUT2D eigenvalue weighted by Crippen LogP contribution is -2.44. The van der Waals surface area contributed by atoms with Crippen molar-refractivity contribution in [2.45, 2.75) is 64.5 Å². The Morgan fingerprint density at radius 3 is 2.39 bits per heavy atom. The van der Waals surface area contributed by atoms with E-state index >= 15 is 0 Å². The molecule has 0 bridgehead atoms. The molecule has 1 fully saturated rings. The Hall–Kier alpha value is -1.84. The first-order valence-electron chi connectivity index (χ1n) is 8.62. The number of carbonyl (C=O) groups is 2. The lowest BCUT2D eigenvalue weighted by atomic mass is 9.84. The van der Waals surface area contributed by atoms with Crippen molar-refractivity contribution in [3.63, 3.8) is 0 Å². The minimum atomic E-state index is -0.562. The predicted molar refractivity (Wildman–Crippen MR) is 90.1 cm³/mol. The van der Waals surface area contributed by atoms with Gasteiger partial charge in [0, 0.05) is 5.56 Å². The van der Waals surface area contributed by atoms with Gasteiger partial charge in [-0.3, -0.25) is 4.79 Å². The zero-order valence-corrected chi connectivity index (χ0v) is 14.1. The molecule has 23 heavy (non-hydrogen) atoms. The van der Waals surface area contributed by atoms with Crippen LogP contribution >= 0.6 is 0 Å². The molecule has 4 heteroatoms. The molecule has 0 unspecified atom stereocenters. The first-order chi connectivity index (χ1) is 11.1. The monoisotopic (exact) mass is 317 g/mol. The molecule has 1 atom stereocenters. The van der Waals surface area contributed by atoms with Crippen LogP contribution in [0.15, 0.2) is 30.3 Å². The fraction of sp³-hybridized carbons (Fsp3) is 0.579. The van der Waals surface area contributed by atoms with E-state index in [0.717, 1.165) is 12.8 Å². The van der Waals surface area contributed by atoms with Crippen LogP contribution in [0.4, 0.5) is 0 Å². The molecular weight excluding hydrogens is 290 g/mol. The molecule has 0 heterocycles. The highest BCUT2D eigenvalue weighted by Crippen LogP contribution is 2.27. The Morgan fingerprint density at radius 2 is 1.78 bits per heavy atom. The summed E-state index contributed by atoms with van der Waals surface area (Å²) in [4.78, 5) is 24.7. The SMILES string of the molecule is CC(C)OC(=O)[C@H](CC1CCCCC1)NC(=O)c1ccccc1. The summed E-state index contributed by atoms with van der Waals surface area (Å²) in [5.74, 6) is -0.0495. The Labute approximate surface area is 138 Å². The van der Waals surface area contributed by atoms with Gasteiger partial charge in [0.15, 0.2) is 0 Å². The quantitative estimate of drug-likeness (QED) is 0.814. The lowest BCUT2D eigenvalue weighted by molar-refractivity contribution is -0.150. The van der Waals surface area contributed by atoms with Crippen LogP contribution in [0.25, 0.3) is 0 Å². The van der Waals surface area contributed by atoms with Crippen molar-refractivity contribution in [1.29, 1.82) is 0 Å². The van der Waals surface area contributed by atoms with E-state index in [4.69, 9.17) is 4.74 Å². The summed E-state index contributed by atoms with van der Waals surface area (Å²) in [6, 6.07) is 8.44. The van der Waals surface area contributed by atoms with Crippen molar-refractivity contribution in [2.24, 2.45) is 5.92 Å². The Morgan fingerprint density at radius 1 is 1.13 bits per heavy atom. The maximum Gasteiger partial charge on any atom is 0.328 e. The minimum absolute atomic E-state index is 0.176. The number of rotatable bonds is 6. The first kappa shape index (κ1) is 17.5. The van der Waals surface area contributed by atoms with Gasteiger partial charge in [-0.05, 0) is 38.3 Å². The maximum absolute atomic E-state index is 12.4. The normalized spacial score (nSPS) is 16.8. The molecule has 0 radical (unpaired) electrons. The summed E-state index contributed by atoms with van der Waals surface area (Å²) in [6.45, 7) is 3.66. The van der Waals surface area contributed by atoms with Crippen LogP contribution in [0.2, 0.25) is 0 Å². The fourth-order valence-corrected chi connectivity index (χ4v) is 3.12. The number of hydrogen-bond donors (Lipinski definition) is 1. The van der Waals surface area contributed by atoms with Crippen LogP contribution in [0.3, 0.4) is 0 Å². The van der Waals surface area contributed by atoms with E-state index in [1.54, 1.807) is 12.1 Å². The predicted octanol–water partition coefficient (Wildman–Crippen LogP) is 3.71. The highest BCUT2D eigenvalue weighted by Gasteiger charge is 2.27. The van der Waals surface area contributed by atoms with Gasteiger partial charge in [-0.2, -0.15) is 0 Å². The van der Waals surface area contributed by atoms with Crippen molar-refractivity contribution >= 4 is 11.9 Å². The third kappa shape index (κ3) is 5.70. The fourth-order valence-electron chi connectivity index (χ4n) is 3.12. The van der Waals surface area contributed by atoms with E-state index in [-0.39, 0.29) is 18.0 Å². The maximum atomic E-state index is 12.4. The van der Waals surface area contributed by atoms with Crippen LogP contribution in [0.1, 0.15) is 62.7 Å². The second kappa shape index (κ2) is 8.70. The molecule has 0 saturated heterocycles. The van der Waals surface area contributed by atoms with E-state index in [1.807, 2.05) is 32.0 Å². The molecule has 0 spiro atoms. The van der Waals surface area contributed by atoms with Gasteiger partial charge in [0.25, 0.3) is 5.91 Å². The minimum Gasteiger partial charge on any atom is -0.461 e. The van der Waals surface area contributed by atoms with Crippen molar-refractivity contribution in [2.75, 3.05) is 0 Å². The topological polar surface area (TPSA) is 55.4 Å². The summed E-state index contributed by atoms with van der Waals surface area (Å²) in [5, 5.41) is 2.87. The zero-order chi connectivity index (χ0) is 16.7. The van der Waals surface area contributed by atoms with E-state index in [1.165, 1.54) is 19.3 Å². The molecule has 1 aliphatic carbocycles. The molecule has 0 aliphatic heterocycles. The molecule has 126 valence electrons. The summed E-state index contributed by atoms with van der Waals surface area (Å²) >= 11 is 0. The van der Waals surface area contributed by atoms with Crippen molar-refractivity contribution in [1.82, 2.24) is 5.32 Å². The van der Waals surface area contributed by atoms with E-state index < -0.39 is 6.04 Å². The standard InChI is InChI=1S/C19H27NO3/c1-14(2)23-19(22)17(13-15-9-5-3-6-10-15)20-18(21)16-11-7-4-8-12-16/h4,7-8,11-12,14-15,17H,3,5-6,9-10,13H2,1-2H3,(H,20,21)/t17-/m0/s1. The second-order valence-electron chi connectivity index (χ2n) is 6.62. The van der Waals surface area contributed by atoms with E-state index in [2.05, 4.69) is 5.32 Å². The number of amides is 1. The average Bonchev–Trinajstić information content (AvgIpc) is 2.55. The zero-order valence-electron chi connectivity index (χ0n) is 14.1. The number of ether oxygens (including phenoxy) is 1. The second-order valence-corrected chi connectivity index (χ2v) is 6.62. The molecule has 0 aromatic heterocycles. The summed E-state index contributed by atoms with van der Waals surface area (Å²) < 4.78 is 5.34. The third-order valence-electron chi connectivity index (χ3n) is 4.27. The van der Waals surface area contributed by atoms with Gasteiger partial charge in [-0.1, -0.05) is 50.3 Å². The molecule has 1 N–H and O–H groups in total. The van der Waals surface area contributed by atoms with Crippen LogP contribution in [0.5, 0.6) is 0 Å². The Kier molecular flexibility index (Phi) is 6.63. The molecule has 4 nitrogen and oxygen atoms in total. The Bertz CT molecular complexity index is 507. The van der Waals surface area contributed by atoms with E-state index in [0.29, 0.717) is 17.9 Å². The number of esters is 1. The summed E-state index contributed by atoms with van der Waals surface area (Å²) in [7, 11) is 0. The number of hydrogen-bond acceptors (Lipinski definition) is 3. The molecule has 1 aliphatic rings. The molecule has 1 aromatic carbocycles. The largest absolute Gasteiger partial charge is 0.461 e. The first-order valence-corrected chi connectivity index (χ1v) is 8.62. The summed E-state index contributed by atoms with van der Waals surface area (Å²) in [6.07, 6.45) is 6.45. The summed E-state index contributed by atoms with van der Waals surface area (Å²) in [5.41, 5.74) is 0.568. The number of carbonyl (C=O) groups excluding carboxylic acids is 2. The van der Waals surface area contributed by atoms with Gasteiger partial charge < -0.3 is 10.1 Å². The van der Waals surface area contributed by atoms with Gasteiger partial charge in [0.1, 0.15) is 6.04 Å². The number of benzene rings is 1. The lowest BCUT2D eigenvalue weighted by Gasteiger charge is -2.26. The van der Waals surface area contributed by atoms with Crippen molar-refractivity contribution in [3.05, 3.63) is 35.9 Å². The molecule has 2 rings (SSSR count). The highest BCUT2D eigenvalue weighted by atomic mass is 16.5. The molecule has 1 saturated carbocycles. The third-order valence-corrected chi connectivity index (χ3v) is 4.27. The van der Waals surface area contributed by atoms with E-state index in [9.17, 15) is 9.59 Å². The van der Waals surface area contributed by atoms with Gasteiger partial charge in [-0.25, -0.2) is 4.79 Å². The van der Waals surface area contributed by atoms with Crippen molar-refractivity contribution in [3.8, 4) is 0 Å². The average molecular weight is 317 g/mol. The molecule has 1 amide bonds. The van der Waals surface area contributed by atoms with Crippen LogP contribution in [-0.4, -0.2) is 24.0 Å². The van der Waals surface area contributed by atoms with Crippen LogP contribution < -0.4 is 5.32 Å². The Balaban J connectivity index is 2.02. The molecule has 1 aromatic rings. The number of nitrogens with one attached hydrogen (secondary N) is 1. The smallest absolute Gasteiger partial charge is 0.328 e. The molecular formula is C19H27NO3. The van der Waals surface area contributed by atoms with Gasteiger partial charge in [0.05, 0.1) is 6.10 Å². The van der Waals surface area contributed by atoms with Gasteiger partial charge >= 0.3 is 5.97 Å². The van der Waals surface area contributed by atoms with Crippen molar-refractivity contribution < 1.29 is 14.3 Å². The van der Waals surface area contributed by atoms with Gasteiger partial charge in [-0.15, -0.1) is 0 Å².